The molecule has 1 aliphatic rings. The van der Waals surface area contributed by atoms with Gasteiger partial charge in [0.25, 0.3) is 5.91 Å². The molecule has 2 aromatic rings. The van der Waals surface area contributed by atoms with Gasteiger partial charge in [-0.1, -0.05) is 37.6 Å². The minimum atomic E-state index is -3.68. The summed E-state index contributed by atoms with van der Waals surface area (Å²) in [5, 5.41) is 2.94. The first-order chi connectivity index (χ1) is 14.8. The predicted octanol–water partition coefficient (Wildman–Crippen LogP) is 4.18. The molecule has 0 bridgehead atoms. The first-order valence-corrected chi connectivity index (χ1v) is 11.8. The lowest BCUT2D eigenvalue weighted by molar-refractivity contribution is -0.113. The van der Waals surface area contributed by atoms with E-state index in [-0.39, 0.29) is 22.2 Å². The molecule has 0 aromatic heterocycles. The maximum atomic E-state index is 12.8. The Kier molecular flexibility index (Phi) is 7.25. The average Bonchev–Trinajstić information content (AvgIpc) is 2.75. The Labute approximate surface area is 187 Å². The van der Waals surface area contributed by atoms with E-state index in [1.807, 2.05) is 25.1 Å². The summed E-state index contributed by atoms with van der Waals surface area (Å²) in [5.41, 5.74) is 1.33. The molecular weight excluding hydrogens is 440 g/mol. The van der Waals surface area contributed by atoms with Gasteiger partial charge in [0.15, 0.2) is 11.5 Å². The summed E-state index contributed by atoms with van der Waals surface area (Å²) in [4.78, 5) is 12.9. The lowest BCUT2D eigenvalue weighted by Crippen LogP contribution is -2.30. The first-order valence-electron chi connectivity index (χ1n) is 10.0. The van der Waals surface area contributed by atoms with Gasteiger partial charge in [-0.2, -0.15) is 4.31 Å². The van der Waals surface area contributed by atoms with Crippen molar-refractivity contribution in [3.63, 3.8) is 0 Å². The second kappa shape index (κ2) is 9.72. The zero-order chi connectivity index (χ0) is 22.6. The molecule has 1 amide bonds. The number of benzene rings is 2. The summed E-state index contributed by atoms with van der Waals surface area (Å²) in [6.45, 7) is 6.66. The van der Waals surface area contributed by atoms with E-state index in [0.29, 0.717) is 36.8 Å². The molecule has 1 N–H and O–H groups in total. The molecule has 9 heteroatoms. The average molecular weight is 465 g/mol. The number of halogens is 1. The topological polar surface area (TPSA) is 84.9 Å². The zero-order valence-electron chi connectivity index (χ0n) is 17.6. The van der Waals surface area contributed by atoms with Gasteiger partial charge in [-0.15, -0.1) is 0 Å². The number of ether oxygens (including phenoxy) is 2. The Bertz CT molecular complexity index is 1110. The molecule has 0 saturated heterocycles. The van der Waals surface area contributed by atoms with E-state index in [1.165, 1.54) is 22.5 Å². The van der Waals surface area contributed by atoms with Gasteiger partial charge in [-0.05, 0) is 37.3 Å². The molecule has 166 valence electrons. The molecule has 1 heterocycles. The molecule has 0 atom stereocenters. The lowest BCUT2D eigenvalue weighted by Gasteiger charge is -2.21. The van der Waals surface area contributed by atoms with Crippen LogP contribution in [-0.2, 0) is 14.8 Å². The van der Waals surface area contributed by atoms with Crippen molar-refractivity contribution in [2.75, 3.05) is 31.6 Å². The van der Waals surface area contributed by atoms with E-state index < -0.39 is 15.9 Å². The summed E-state index contributed by atoms with van der Waals surface area (Å²) >= 11 is 6.22. The van der Waals surface area contributed by atoms with Crippen molar-refractivity contribution in [2.45, 2.75) is 25.7 Å². The van der Waals surface area contributed by atoms with E-state index in [4.69, 9.17) is 21.1 Å². The van der Waals surface area contributed by atoms with Crippen molar-refractivity contribution in [1.29, 1.82) is 0 Å². The first kappa shape index (κ1) is 23.1. The number of nitrogens with zero attached hydrogens (tertiary/aromatic N) is 1. The van der Waals surface area contributed by atoms with Crippen molar-refractivity contribution in [3.8, 4) is 11.5 Å². The van der Waals surface area contributed by atoms with Crippen LogP contribution in [0.1, 0.15) is 26.3 Å². The molecule has 0 fully saturated rings. The second-order valence-corrected chi connectivity index (χ2v) is 9.10. The maximum Gasteiger partial charge on any atom is 0.255 e. The lowest BCUT2D eigenvalue weighted by atomic mass is 10.1. The fraction of sp³-hybridized carbons (Fsp3) is 0.318. The number of anilines is 1. The summed E-state index contributed by atoms with van der Waals surface area (Å²) in [7, 11) is -3.68. The van der Waals surface area contributed by atoms with Crippen molar-refractivity contribution in [2.24, 2.45) is 0 Å². The number of para-hydroxylation sites is 1. The van der Waals surface area contributed by atoms with Crippen LogP contribution in [0.4, 0.5) is 5.69 Å². The minimum Gasteiger partial charge on any atom is -0.490 e. The van der Waals surface area contributed by atoms with Crippen molar-refractivity contribution in [1.82, 2.24) is 4.31 Å². The Morgan fingerprint density at radius 1 is 1.19 bits per heavy atom. The molecule has 7 nitrogen and oxygen atoms in total. The highest BCUT2D eigenvalue weighted by molar-refractivity contribution is 7.89. The zero-order valence-corrected chi connectivity index (χ0v) is 19.2. The molecule has 0 unspecified atom stereocenters. The van der Waals surface area contributed by atoms with Gasteiger partial charge in [-0.3, -0.25) is 4.79 Å². The van der Waals surface area contributed by atoms with Crippen LogP contribution in [0.25, 0.3) is 6.08 Å². The molecule has 0 aliphatic carbocycles. The van der Waals surface area contributed by atoms with Crippen LogP contribution in [0.2, 0.25) is 5.02 Å². The highest BCUT2D eigenvalue weighted by atomic mass is 35.5. The third-order valence-corrected chi connectivity index (χ3v) is 7.21. The Morgan fingerprint density at radius 3 is 2.61 bits per heavy atom. The number of rotatable bonds is 8. The van der Waals surface area contributed by atoms with E-state index >= 15 is 0 Å². The third kappa shape index (κ3) is 4.87. The summed E-state index contributed by atoms with van der Waals surface area (Å²) < 4.78 is 38.2. The summed E-state index contributed by atoms with van der Waals surface area (Å²) in [5.74, 6) is 0.783. The van der Waals surface area contributed by atoms with Crippen molar-refractivity contribution in [3.05, 3.63) is 52.6 Å². The van der Waals surface area contributed by atoms with Crippen LogP contribution in [0.3, 0.4) is 0 Å². The monoisotopic (exact) mass is 464 g/mol. The number of amides is 1. The molecule has 0 saturated carbocycles. The molecular formula is C22H25ClN2O5S. The van der Waals surface area contributed by atoms with Gasteiger partial charge in [-0.25, -0.2) is 8.42 Å². The number of carbonyl (C=O) groups excluding carboxylic acids is 1. The highest BCUT2D eigenvalue weighted by Crippen LogP contribution is 2.36. The summed E-state index contributed by atoms with van der Waals surface area (Å²) in [6, 6.07) is 9.72. The Balaban J connectivity index is 1.87. The van der Waals surface area contributed by atoms with Crippen molar-refractivity contribution < 1.29 is 22.7 Å². The molecule has 3 rings (SSSR count). The summed E-state index contributed by atoms with van der Waals surface area (Å²) in [6.07, 6.45) is 1.72. The Hall–Kier alpha value is -2.55. The van der Waals surface area contributed by atoms with Gasteiger partial charge in [0.05, 0.1) is 27.8 Å². The Morgan fingerprint density at radius 2 is 1.94 bits per heavy atom. The van der Waals surface area contributed by atoms with Crippen LogP contribution in [0, 0.1) is 0 Å². The molecule has 1 aliphatic heterocycles. The number of hydrogen-bond acceptors (Lipinski definition) is 5. The third-order valence-electron chi connectivity index (χ3n) is 4.83. The van der Waals surface area contributed by atoms with Crippen LogP contribution in [0.15, 0.2) is 46.9 Å². The number of nitrogens with one attached hydrogen (secondary N) is 1. The molecule has 31 heavy (non-hydrogen) atoms. The van der Waals surface area contributed by atoms with Gasteiger partial charge in [0, 0.05) is 18.7 Å². The number of sulfonamides is 1. The van der Waals surface area contributed by atoms with Crippen LogP contribution in [-0.4, -0.2) is 44.9 Å². The van der Waals surface area contributed by atoms with E-state index in [9.17, 15) is 13.2 Å². The molecule has 0 spiro atoms. The van der Waals surface area contributed by atoms with Crippen LogP contribution < -0.4 is 14.8 Å². The fourth-order valence-electron chi connectivity index (χ4n) is 3.26. The standard InChI is InChI=1S/C22H25ClN2O5S/c1-4-25(5-2)31(27,28)17-10-11-18(23)19(13-17)24-22(26)16-12-15-8-7-9-20(29-6-3)21(15)30-14-16/h7-13H,4-6,14H2,1-3H3,(H,24,26). The number of fused-ring (bicyclic) bond motifs is 1. The normalized spacial score (nSPS) is 13.3. The van der Waals surface area contributed by atoms with Crippen LogP contribution >= 0.6 is 11.6 Å². The quantitative estimate of drug-likeness (QED) is 0.633. The van der Waals surface area contributed by atoms with E-state index in [0.717, 1.165) is 5.56 Å². The SMILES string of the molecule is CCOc1cccc2c1OCC(C(=O)Nc1cc(S(=O)(=O)N(CC)CC)ccc1Cl)=C2. The highest BCUT2D eigenvalue weighted by Gasteiger charge is 2.24. The number of hydrogen-bond donors (Lipinski definition) is 1. The minimum absolute atomic E-state index is 0.0535. The fourth-order valence-corrected chi connectivity index (χ4v) is 4.91. The van der Waals surface area contributed by atoms with Crippen LogP contribution in [0.5, 0.6) is 11.5 Å². The van der Waals surface area contributed by atoms with Gasteiger partial charge in [0.2, 0.25) is 10.0 Å². The second-order valence-electron chi connectivity index (χ2n) is 6.75. The van der Waals surface area contributed by atoms with E-state index in [2.05, 4.69) is 5.32 Å². The largest absolute Gasteiger partial charge is 0.490 e. The molecule has 0 radical (unpaired) electrons. The van der Waals surface area contributed by atoms with Gasteiger partial charge in [0.1, 0.15) is 6.61 Å². The number of carbonyl (C=O) groups is 1. The smallest absolute Gasteiger partial charge is 0.255 e. The molecule has 2 aromatic carbocycles. The van der Waals surface area contributed by atoms with Gasteiger partial charge < -0.3 is 14.8 Å². The van der Waals surface area contributed by atoms with E-state index in [1.54, 1.807) is 19.9 Å². The van der Waals surface area contributed by atoms with Gasteiger partial charge >= 0.3 is 0 Å². The predicted molar refractivity (Wildman–Crippen MR) is 121 cm³/mol. The van der Waals surface area contributed by atoms with Crippen molar-refractivity contribution >= 4 is 39.3 Å². The maximum absolute atomic E-state index is 12.8.